The van der Waals surface area contributed by atoms with Crippen molar-refractivity contribution in [3.05, 3.63) is 71.7 Å². The molecule has 0 saturated carbocycles. The van der Waals surface area contributed by atoms with Gasteiger partial charge < -0.3 is 15.0 Å². The maximum absolute atomic E-state index is 13.0. The maximum atomic E-state index is 13.0. The molecule has 0 bridgehead atoms. The molecule has 4 nitrogen and oxygen atoms in total. The van der Waals surface area contributed by atoms with Gasteiger partial charge in [-0.15, -0.1) is 0 Å². The van der Waals surface area contributed by atoms with Gasteiger partial charge in [0.1, 0.15) is 12.4 Å². The Labute approximate surface area is 133 Å². The minimum absolute atomic E-state index is 0.243. The fraction of sp³-hybridized carbons (Fsp3) is 0.167. The Morgan fingerprint density at radius 3 is 2.65 bits per heavy atom. The van der Waals surface area contributed by atoms with Gasteiger partial charge in [0.15, 0.2) is 0 Å². The average Bonchev–Trinajstić information content (AvgIpc) is 2.98. The SMILES string of the molecule is O=C(CO)NCc1cccc2c1ccn2Cc1ccc(F)cc1. The largest absolute Gasteiger partial charge is 0.387 e. The summed E-state index contributed by atoms with van der Waals surface area (Å²) in [7, 11) is 0. The molecule has 118 valence electrons. The van der Waals surface area contributed by atoms with Crippen molar-refractivity contribution < 1.29 is 14.3 Å². The number of nitrogens with zero attached hydrogens (tertiary/aromatic N) is 1. The second kappa shape index (κ2) is 6.62. The molecule has 0 saturated heterocycles. The fourth-order valence-corrected chi connectivity index (χ4v) is 2.62. The van der Waals surface area contributed by atoms with Crippen LogP contribution < -0.4 is 5.32 Å². The number of halogens is 1. The van der Waals surface area contributed by atoms with Crippen LogP contribution in [0.15, 0.2) is 54.7 Å². The molecule has 0 fully saturated rings. The van der Waals surface area contributed by atoms with E-state index in [1.165, 1.54) is 12.1 Å². The molecule has 0 atom stereocenters. The van der Waals surface area contributed by atoms with Crippen molar-refractivity contribution in [2.75, 3.05) is 6.61 Å². The average molecular weight is 312 g/mol. The molecule has 0 aliphatic rings. The molecule has 0 aliphatic heterocycles. The van der Waals surface area contributed by atoms with E-state index in [9.17, 15) is 9.18 Å². The number of carbonyl (C=O) groups excluding carboxylic acids is 1. The standard InChI is InChI=1S/C18H17FN2O2/c19-15-6-4-13(5-7-15)11-21-9-8-16-14(2-1-3-17(16)21)10-20-18(23)12-22/h1-9,22H,10-12H2,(H,20,23). The number of aliphatic hydroxyl groups excluding tert-OH is 1. The van der Waals surface area contributed by atoms with Crippen LogP contribution in [0.5, 0.6) is 0 Å². The Kier molecular flexibility index (Phi) is 4.39. The van der Waals surface area contributed by atoms with E-state index in [-0.39, 0.29) is 5.82 Å². The van der Waals surface area contributed by atoms with Crippen molar-refractivity contribution in [1.29, 1.82) is 0 Å². The number of amides is 1. The van der Waals surface area contributed by atoms with E-state index >= 15 is 0 Å². The number of fused-ring (bicyclic) bond motifs is 1. The van der Waals surface area contributed by atoms with Crippen molar-refractivity contribution in [2.45, 2.75) is 13.1 Å². The molecule has 1 amide bonds. The van der Waals surface area contributed by atoms with Gasteiger partial charge in [-0.2, -0.15) is 0 Å². The van der Waals surface area contributed by atoms with E-state index in [1.54, 1.807) is 12.1 Å². The van der Waals surface area contributed by atoms with Crippen LogP contribution in [0.1, 0.15) is 11.1 Å². The first-order chi connectivity index (χ1) is 11.2. The monoisotopic (exact) mass is 312 g/mol. The van der Waals surface area contributed by atoms with Gasteiger partial charge in [-0.1, -0.05) is 24.3 Å². The lowest BCUT2D eigenvalue weighted by molar-refractivity contribution is -0.123. The van der Waals surface area contributed by atoms with Crippen LogP contribution in [-0.4, -0.2) is 22.2 Å². The van der Waals surface area contributed by atoms with Crippen molar-refractivity contribution in [3.8, 4) is 0 Å². The summed E-state index contributed by atoms with van der Waals surface area (Å²) in [5.41, 5.74) is 3.05. The van der Waals surface area contributed by atoms with E-state index in [0.717, 1.165) is 22.0 Å². The fourth-order valence-electron chi connectivity index (χ4n) is 2.62. The third-order valence-electron chi connectivity index (χ3n) is 3.79. The maximum Gasteiger partial charge on any atom is 0.245 e. The van der Waals surface area contributed by atoms with Crippen molar-refractivity contribution in [2.24, 2.45) is 0 Å². The van der Waals surface area contributed by atoms with Crippen molar-refractivity contribution in [3.63, 3.8) is 0 Å². The van der Waals surface area contributed by atoms with Gasteiger partial charge in [0, 0.05) is 30.2 Å². The smallest absolute Gasteiger partial charge is 0.245 e. The molecule has 23 heavy (non-hydrogen) atoms. The van der Waals surface area contributed by atoms with Gasteiger partial charge in [-0.3, -0.25) is 4.79 Å². The number of carbonyl (C=O) groups is 1. The molecule has 3 aromatic rings. The molecule has 0 unspecified atom stereocenters. The third-order valence-corrected chi connectivity index (χ3v) is 3.79. The molecule has 3 rings (SSSR count). The van der Waals surface area contributed by atoms with Gasteiger partial charge in [0.2, 0.25) is 5.91 Å². The zero-order valence-corrected chi connectivity index (χ0v) is 12.5. The Morgan fingerprint density at radius 1 is 1.13 bits per heavy atom. The van der Waals surface area contributed by atoms with E-state index < -0.39 is 12.5 Å². The molecule has 0 spiro atoms. The number of rotatable bonds is 5. The van der Waals surface area contributed by atoms with Crippen molar-refractivity contribution >= 4 is 16.8 Å². The topological polar surface area (TPSA) is 54.3 Å². The molecule has 2 N–H and O–H groups in total. The van der Waals surface area contributed by atoms with Gasteiger partial charge in [-0.05, 0) is 35.4 Å². The highest BCUT2D eigenvalue weighted by Crippen LogP contribution is 2.21. The molecule has 0 aliphatic carbocycles. The molecule has 2 aromatic carbocycles. The highest BCUT2D eigenvalue weighted by atomic mass is 19.1. The zero-order valence-electron chi connectivity index (χ0n) is 12.5. The lowest BCUT2D eigenvalue weighted by atomic mass is 10.1. The van der Waals surface area contributed by atoms with E-state index in [1.807, 2.05) is 30.5 Å². The molecular weight excluding hydrogens is 295 g/mol. The summed E-state index contributed by atoms with van der Waals surface area (Å²) in [6, 6.07) is 14.3. The Balaban J connectivity index is 1.85. The molecular formula is C18H17FN2O2. The number of aliphatic hydroxyl groups is 1. The summed E-state index contributed by atoms with van der Waals surface area (Å²) >= 11 is 0. The quantitative estimate of drug-likeness (QED) is 0.760. The predicted octanol–water partition coefficient (Wildman–Crippen LogP) is 2.44. The summed E-state index contributed by atoms with van der Waals surface area (Å²) in [6.45, 7) is 0.509. The molecule has 1 aromatic heterocycles. The molecule has 0 radical (unpaired) electrons. The van der Waals surface area contributed by atoms with Crippen LogP contribution in [0.25, 0.3) is 10.9 Å². The van der Waals surface area contributed by atoms with Gasteiger partial charge in [0.25, 0.3) is 0 Å². The molecule has 5 heteroatoms. The van der Waals surface area contributed by atoms with Gasteiger partial charge >= 0.3 is 0 Å². The third kappa shape index (κ3) is 3.40. The van der Waals surface area contributed by atoms with Crippen LogP contribution >= 0.6 is 0 Å². The van der Waals surface area contributed by atoms with Crippen LogP contribution in [0, 0.1) is 5.82 Å². The second-order valence-corrected chi connectivity index (χ2v) is 5.35. The summed E-state index contributed by atoms with van der Waals surface area (Å²) < 4.78 is 15.1. The highest BCUT2D eigenvalue weighted by molar-refractivity contribution is 5.84. The number of nitrogens with one attached hydrogen (secondary N) is 1. The van der Waals surface area contributed by atoms with E-state index in [2.05, 4.69) is 9.88 Å². The summed E-state index contributed by atoms with van der Waals surface area (Å²) in [4.78, 5) is 11.2. The first-order valence-electron chi connectivity index (χ1n) is 7.36. The van der Waals surface area contributed by atoms with Crippen LogP contribution in [-0.2, 0) is 17.9 Å². The highest BCUT2D eigenvalue weighted by Gasteiger charge is 2.07. The van der Waals surface area contributed by atoms with Gasteiger partial charge in [-0.25, -0.2) is 4.39 Å². The lowest BCUT2D eigenvalue weighted by Crippen LogP contribution is -2.25. The number of hydrogen-bond donors (Lipinski definition) is 2. The van der Waals surface area contributed by atoms with E-state index in [0.29, 0.717) is 13.1 Å². The summed E-state index contributed by atoms with van der Waals surface area (Å²) in [5.74, 6) is -0.638. The normalized spacial score (nSPS) is 10.9. The molecule has 1 heterocycles. The van der Waals surface area contributed by atoms with Crippen LogP contribution in [0.3, 0.4) is 0 Å². The van der Waals surface area contributed by atoms with Crippen molar-refractivity contribution in [1.82, 2.24) is 9.88 Å². The predicted molar refractivity (Wildman–Crippen MR) is 86.4 cm³/mol. The number of benzene rings is 2. The minimum Gasteiger partial charge on any atom is -0.387 e. The first-order valence-corrected chi connectivity index (χ1v) is 7.36. The Bertz CT molecular complexity index is 825. The lowest BCUT2D eigenvalue weighted by Gasteiger charge is -2.08. The van der Waals surface area contributed by atoms with Crippen LogP contribution in [0.2, 0.25) is 0 Å². The van der Waals surface area contributed by atoms with E-state index in [4.69, 9.17) is 5.11 Å². The minimum atomic E-state index is -0.512. The summed E-state index contributed by atoms with van der Waals surface area (Å²) in [5, 5.41) is 12.5. The Hall–Kier alpha value is -2.66. The number of aromatic nitrogens is 1. The zero-order chi connectivity index (χ0) is 16.2. The summed E-state index contributed by atoms with van der Waals surface area (Å²) in [6.07, 6.45) is 1.98. The van der Waals surface area contributed by atoms with Gasteiger partial charge in [0.05, 0.1) is 0 Å². The van der Waals surface area contributed by atoms with Crippen LogP contribution in [0.4, 0.5) is 4.39 Å². The first kappa shape index (κ1) is 15.2. The Morgan fingerprint density at radius 2 is 1.91 bits per heavy atom. The number of hydrogen-bond acceptors (Lipinski definition) is 2. The second-order valence-electron chi connectivity index (χ2n) is 5.35.